The summed E-state index contributed by atoms with van der Waals surface area (Å²) < 4.78 is 0. The van der Waals surface area contributed by atoms with E-state index in [9.17, 15) is 9.59 Å². The molecule has 4 rings (SSSR count). The quantitative estimate of drug-likeness (QED) is 0.914. The van der Waals surface area contributed by atoms with Crippen LogP contribution in [0, 0.1) is 0 Å². The number of fused-ring (bicyclic) bond motifs is 1. The number of amides is 2. The highest BCUT2D eigenvalue weighted by Gasteiger charge is 2.37. The van der Waals surface area contributed by atoms with Crippen LogP contribution >= 0.6 is 0 Å². The van der Waals surface area contributed by atoms with E-state index >= 15 is 0 Å². The number of hydrogen-bond donors (Lipinski definition) is 1. The van der Waals surface area contributed by atoms with Gasteiger partial charge in [0.25, 0.3) is 5.91 Å². The molecule has 0 bridgehead atoms. The lowest BCUT2D eigenvalue weighted by atomic mass is 10.0. The number of nitrogens with one attached hydrogen (secondary N) is 1. The maximum Gasteiger partial charge on any atom is 0.254 e. The highest BCUT2D eigenvalue weighted by atomic mass is 16.2. The molecule has 23 heavy (non-hydrogen) atoms. The summed E-state index contributed by atoms with van der Waals surface area (Å²) in [6.45, 7) is 1.87. The zero-order valence-corrected chi connectivity index (χ0v) is 12.7. The Morgan fingerprint density at radius 2 is 2.13 bits per heavy atom. The van der Waals surface area contributed by atoms with Crippen LogP contribution in [-0.2, 0) is 4.79 Å². The number of benzene rings is 1. The van der Waals surface area contributed by atoms with Crippen molar-refractivity contribution in [1.82, 2.24) is 20.0 Å². The highest BCUT2D eigenvalue weighted by molar-refractivity contribution is 6.01. The Kier molecular flexibility index (Phi) is 3.37. The van der Waals surface area contributed by atoms with Gasteiger partial charge in [0, 0.05) is 49.4 Å². The van der Waals surface area contributed by atoms with E-state index in [-0.39, 0.29) is 17.9 Å². The van der Waals surface area contributed by atoms with Crippen LogP contribution in [0.15, 0.2) is 36.7 Å². The average Bonchev–Trinajstić information content (AvgIpc) is 3.24. The topological polar surface area (TPSA) is 69.3 Å². The predicted octanol–water partition coefficient (Wildman–Crippen LogP) is 1.52. The molecule has 118 valence electrons. The number of piperazine rings is 1. The maximum absolute atomic E-state index is 13.0. The first-order valence-electron chi connectivity index (χ1n) is 7.91. The number of hydrogen-bond acceptors (Lipinski definition) is 3. The Morgan fingerprint density at radius 3 is 2.96 bits per heavy atom. The number of carbonyl (C=O) groups is 2. The van der Waals surface area contributed by atoms with Crippen LogP contribution in [0.2, 0.25) is 0 Å². The molecular formula is C17H18N4O2. The Morgan fingerprint density at radius 1 is 1.26 bits per heavy atom. The SMILES string of the molecule is O=C(c1ccccc1-c1cn[nH]c1)N1CCN2C(=O)CCC2C1. The number of aromatic amines is 1. The monoisotopic (exact) mass is 310 g/mol. The molecule has 2 aliphatic rings. The van der Waals surface area contributed by atoms with E-state index in [1.807, 2.05) is 34.1 Å². The van der Waals surface area contributed by atoms with Crippen molar-refractivity contribution in [3.8, 4) is 11.1 Å². The van der Waals surface area contributed by atoms with E-state index in [1.165, 1.54) is 0 Å². The molecule has 0 spiro atoms. The lowest BCUT2D eigenvalue weighted by Crippen LogP contribution is -2.53. The van der Waals surface area contributed by atoms with E-state index in [0.29, 0.717) is 31.6 Å². The second kappa shape index (κ2) is 5.53. The normalized spacial score (nSPS) is 20.7. The summed E-state index contributed by atoms with van der Waals surface area (Å²) in [7, 11) is 0. The number of rotatable bonds is 2. The first kappa shape index (κ1) is 14.0. The minimum atomic E-state index is 0.0285. The number of carbonyl (C=O) groups excluding carboxylic acids is 2. The third-order valence-electron chi connectivity index (χ3n) is 4.75. The molecule has 0 saturated carbocycles. The maximum atomic E-state index is 13.0. The number of H-pyrrole nitrogens is 1. The molecule has 2 fully saturated rings. The number of aromatic nitrogens is 2. The third kappa shape index (κ3) is 2.40. The Labute approximate surface area is 134 Å². The predicted molar refractivity (Wildman–Crippen MR) is 84.7 cm³/mol. The first-order chi connectivity index (χ1) is 11.2. The molecular weight excluding hydrogens is 292 g/mol. The van der Waals surface area contributed by atoms with E-state index in [0.717, 1.165) is 17.5 Å². The van der Waals surface area contributed by atoms with Crippen LogP contribution in [-0.4, -0.2) is 57.5 Å². The van der Waals surface area contributed by atoms with Crippen LogP contribution in [0.5, 0.6) is 0 Å². The van der Waals surface area contributed by atoms with Crippen molar-refractivity contribution in [2.24, 2.45) is 0 Å². The highest BCUT2D eigenvalue weighted by Crippen LogP contribution is 2.27. The van der Waals surface area contributed by atoms with Gasteiger partial charge in [0.15, 0.2) is 0 Å². The van der Waals surface area contributed by atoms with Crippen molar-refractivity contribution in [1.29, 1.82) is 0 Å². The van der Waals surface area contributed by atoms with Crippen LogP contribution in [0.25, 0.3) is 11.1 Å². The second-order valence-corrected chi connectivity index (χ2v) is 6.06. The van der Waals surface area contributed by atoms with Crippen LogP contribution in [0.4, 0.5) is 0 Å². The fourth-order valence-electron chi connectivity index (χ4n) is 3.54. The molecule has 0 aliphatic carbocycles. The van der Waals surface area contributed by atoms with Gasteiger partial charge < -0.3 is 9.80 Å². The molecule has 6 heteroatoms. The van der Waals surface area contributed by atoms with Crippen molar-refractivity contribution in [2.45, 2.75) is 18.9 Å². The second-order valence-electron chi connectivity index (χ2n) is 6.06. The van der Waals surface area contributed by atoms with Crippen LogP contribution < -0.4 is 0 Å². The van der Waals surface area contributed by atoms with Crippen LogP contribution in [0.3, 0.4) is 0 Å². The summed E-state index contributed by atoms with van der Waals surface area (Å²) in [6.07, 6.45) is 4.98. The molecule has 2 amide bonds. The average molecular weight is 310 g/mol. The molecule has 1 N–H and O–H groups in total. The summed E-state index contributed by atoms with van der Waals surface area (Å²) in [6, 6.07) is 7.78. The Hall–Kier alpha value is -2.63. The zero-order chi connectivity index (χ0) is 15.8. The molecule has 2 saturated heterocycles. The van der Waals surface area contributed by atoms with Crippen molar-refractivity contribution in [2.75, 3.05) is 19.6 Å². The van der Waals surface area contributed by atoms with Gasteiger partial charge in [-0.25, -0.2) is 0 Å². The molecule has 1 atom stereocenters. The standard InChI is InChI=1S/C17H18N4O2/c22-16-6-5-13-11-20(7-8-21(13)16)17(23)15-4-2-1-3-14(15)12-9-18-19-10-12/h1-4,9-10,13H,5-8,11H2,(H,18,19). The van der Waals surface area contributed by atoms with Crippen molar-refractivity contribution in [3.05, 3.63) is 42.2 Å². The number of nitrogens with zero attached hydrogens (tertiary/aromatic N) is 3. The van der Waals surface area contributed by atoms with E-state index in [4.69, 9.17) is 0 Å². The van der Waals surface area contributed by atoms with Gasteiger partial charge in [-0.3, -0.25) is 14.7 Å². The lowest BCUT2D eigenvalue weighted by Gasteiger charge is -2.37. The largest absolute Gasteiger partial charge is 0.336 e. The van der Waals surface area contributed by atoms with Crippen LogP contribution in [0.1, 0.15) is 23.2 Å². The molecule has 2 aromatic rings. The molecule has 1 aromatic carbocycles. The third-order valence-corrected chi connectivity index (χ3v) is 4.75. The summed E-state index contributed by atoms with van der Waals surface area (Å²) in [4.78, 5) is 28.6. The Bertz CT molecular complexity index is 741. The fourth-order valence-corrected chi connectivity index (χ4v) is 3.54. The molecule has 1 aromatic heterocycles. The van der Waals surface area contributed by atoms with Gasteiger partial charge in [0.2, 0.25) is 5.91 Å². The minimum Gasteiger partial charge on any atom is -0.336 e. The molecule has 3 heterocycles. The van der Waals surface area contributed by atoms with Gasteiger partial charge >= 0.3 is 0 Å². The van der Waals surface area contributed by atoms with E-state index in [2.05, 4.69) is 10.2 Å². The fraction of sp³-hybridized carbons (Fsp3) is 0.353. The van der Waals surface area contributed by atoms with Gasteiger partial charge in [-0.1, -0.05) is 18.2 Å². The molecule has 2 aliphatic heterocycles. The van der Waals surface area contributed by atoms with Crippen molar-refractivity contribution < 1.29 is 9.59 Å². The van der Waals surface area contributed by atoms with E-state index in [1.54, 1.807) is 12.4 Å². The van der Waals surface area contributed by atoms with Crippen molar-refractivity contribution >= 4 is 11.8 Å². The van der Waals surface area contributed by atoms with Crippen molar-refractivity contribution in [3.63, 3.8) is 0 Å². The summed E-state index contributed by atoms with van der Waals surface area (Å²) >= 11 is 0. The smallest absolute Gasteiger partial charge is 0.254 e. The van der Waals surface area contributed by atoms with Gasteiger partial charge in [-0.2, -0.15) is 5.10 Å². The van der Waals surface area contributed by atoms with Gasteiger partial charge in [-0.15, -0.1) is 0 Å². The minimum absolute atomic E-state index is 0.0285. The van der Waals surface area contributed by atoms with Gasteiger partial charge in [0.05, 0.1) is 6.20 Å². The van der Waals surface area contributed by atoms with Gasteiger partial charge in [-0.05, 0) is 18.1 Å². The molecule has 0 radical (unpaired) electrons. The van der Waals surface area contributed by atoms with Gasteiger partial charge in [0.1, 0.15) is 0 Å². The van der Waals surface area contributed by atoms with E-state index < -0.39 is 0 Å². The zero-order valence-electron chi connectivity index (χ0n) is 12.7. The summed E-state index contributed by atoms with van der Waals surface area (Å²) in [5, 5.41) is 6.76. The lowest BCUT2D eigenvalue weighted by molar-refractivity contribution is -0.130. The molecule has 1 unspecified atom stereocenters. The summed E-state index contributed by atoms with van der Waals surface area (Å²) in [5.41, 5.74) is 2.48. The summed E-state index contributed by atoms with van der Waals surface area (Å²) in [5.74, 6) is 0.252. The molecule has 6 nitrogen and oxygen atoms in total. The Balaban J connectivity index is 1.60. The first-order valence-corrected chi connectivity index (χ1v) is 7.91.